The van der Waals surface area contributed by atoms with Crippen molar-refractivity contribution in [3.63, 3.8) is 0 Å². The van der Waals surface area contributed by atoms with Crippen LogP contribution in [-0.2, 0) is 4.79 Å². The number of nitrogens with zero attached hydrogens (tertiary/aromatic N) is 2. The number of benzene rings is 1. The highest BCUT2D eigenvalue weighted by Crippen LogP contribution is 2.25. The van der Waals surface area contributed by atoms with Crippen LogP contribution in [-0.4, -0.2) is 34.3 Å². The van der Waals surface area contributed by atoms with Crippen molar-refractivity contribution in [2.75, 3.05) is 11.9 Å². The van der Waals surface area contributed by atoms with Crippen molar-refractivity contribution in [1.29, 1.82) is 0 Å². The van der Waals surface area contributed by atoms with Crippen molar-refractivity contribution in [1.82, 2.24) is 25.7 Å². The van der Waals surface area contributed by atoms with Crippen molar-refractivity contribution < 1.29 is 9.59 Å². The number of nitrogens with one attached hydrogen (secondary N) is 4. The number of anilines is 1. The standard InChI is InChI=1S/C18H24N6O2/c1-4-19-18(26)21-15-10-14(13-8-6-5-7-9-13)23-24(15)17-20-12(3)11(2)16(25)22-17/h5-12,17,20H,4H2,1-3H3,(H,22,25)(H2,19,21,26). The van der Waals surface area contributed by atoms with Crippen molar-refractivity contribution in [2.45, 2.75) is 33.1 Å². The lowest BCUT2D eigenvalue weighted by molar-refractivity contribution is -0.130. The minimum absolute atomic E-state index is 0.0181. The fourth-order valence-corrected chi connectivity index (χ4v) is 2.82. The molecule has 0 aliphatic carbocycles. The third-order valence-corrected chi connectivity index (χ3v) is 4.49. The first-order chi connectivity index (χ1) is 12.5. The largest absolute Gasteiger partial charge is 0.338 e. The lowest BCUT2D eigenvalue weighted by atomic mass is 10.0. The molecule has 2 aromatic rings. The quantitative estimate of drug-likeness (QED) is 0.672. The molecule has 138 valence electrons. The van der Waals surface area contributed by atoms with Gasteiger partial charge in [0.1, 0.15) is 5.82 Å². The van der Waals surface area contributed by atoms with Gasteiger partial charge in [-0.15, -0.1) is 0 Å². The zero-order valence-electron chi connectivity index (χ0n) is 15.1. The van der Waals surface area contributed by atoms with Gasteiger partial charge in [-0.1, -0.05) is 37.3 Å². The average molecular weight is 356 g/mol. The van der Waals surface area contributed by atoms with Crippen molar-refractivity contribution in [2.24, 2.45) is 5.92 Å². The molecule has 3 amide bonds. The van der Waals surface area contributed by atoms with Gasteiger partial charge in [0.2, 0.25) is 5.91 Å². The van der Waals surface area contributed by atoms with Crippen molar-refractivity contribution >= 4 is 17.8 Å². The maximum absolute atomic E-state index is 12.2. The summed E-state index contributed by atoms with van der Waals surface area (Å²) in [5.41, 5.74) is 1.63. The summed E-state index contributed by atoms with van der Waals surface area (Å²) in [4.78, 5) is 24.2. The highest BCUT2D eigenvalue weighted by Gasteiger charge is 2.32. The summed E-state index contributed by atoms with van der Waals surface area (Å²) in [6, 6.07) is 11.1. The van der Waals surface area contributed by atoms with Crippen LogP contribution in [0.4, 0.5) is 10.6 Å². The van der Waals surface area contributed by atoms with E-state index in [0.29, 0.717) is 18.1 Å². The second-order valence-corrected chi connectivity index (χ2v) is 6.37. The fraction of sp³-hybridized carbons (Fsp3) is 0.389. The Hall–Kier alpha value is -2.87. The predicted octanol–water partition coefficient (Wildman–Crippen LogP) is 1.89. The van der Waals surface area contributed by atoms with Gasteiger partial charge in [0.25, 0.3) is 0 Å². The molecular formula is C18H24N6O2. The van der Waals surface area contributed by atoms with Gasteiger partial charge in [-0.25, -0.2) is 9.48 Å². The lowest BCUT2D eigenvalue weighted by Gasteiger charge is -2.34. The zero-order chi connectivity index (χ0) is 18.7. The molecule has 0 saturated carbocycles. The van der Waals surface area contributed by atoms with E-state index in [0.717, 1.165) is 5.56 Å². The molecule has 2 heterocycles. The Morgan fingerprint density at radius 2 is 2.00 bits per heavy atom. The number of carbonyl (C=O) groups excluding carboxylic acids is 2. The highest BCUT2D eigenvalue weighted by atomic mass is 16.2. The van der Waals surface area contributed by atoms with E-state index >= 15 is 0 Å². The van der Waals surface area contributed by atoms with Gasteiger partial charge in [0, 0.05) is 24.2 Å². The molecule has 0 radical (unpaired) electrons. The van der Waals surface area contributed by atoms with E-state index in [1.54, 1.807) is 10.7 Å². The van der Waals surface area contributed by atoms with E-state index in [1.165, 1.54) is 0 Å². The highest BCUT2D eigenvalue weighted by molar-refractivity contribution is 5.89. The normalized spacial score (nSPS) is 22.6. The number of hydrogen-bond donors (Lipinski definition) is 4. The Kier molecular flexibility index (Phi) is 5.22. The second kappa shape index (κ2) is 7.57. The van der Waals surface area contributed by atoms with Gasteiger partial charge in [-0.2, -0.15) is 5.10 Å². The number of carbonyl (C=O) groups is 2. The third-order valence-electron chi connectivity index (χ3n) is 4.49. The van der Waals surface area contributed by atoms with Crippen LogP contribution in [0.15, 0.2) is 36.4 Å². The molecule has 3 atom stereocenters. The first-order valence-electron chi connectivity index (χ1n) is 8.76. The zero-order valence-corrected chi connectivity index (χ0v) is 15.1. The van der Waals surface area contributed by atoms with E-state index in [1.807, 2.05) is 51.1 Å². The molecule has 26 heavy (non-hydrogen) atoms. The van der Waals surface area contributed by atoms with E-state index < -0.39 is 6.29 Å². The molecule has 3 unspecified atom stereocenters. The molecular weight excluding hydrogens is 332 g/mol. The van der Waals surface area contributed by atoms with Crippen LogP contribution < -0.4 is 21.3 Å². The molecule has 1 aliphatic heterocycles. The second-order valence-electron chi connectivity index (χ2n) is 6.37. The molecule has 8 heteroatoms. The van der Waals surface area contributed by atoms with Gasteiger partial charge < -0.3 is 10.6 Å². The number of hydrogen-bond acceptors (Lipinski definition) is 4. The molecule has 1 saturated heterocycles. The topological polar surface area (TPSA) is 100 Å². The Bertz CT molecular complexity index is 788. The minimum atomic E-state index is -0.539. The lowest BCUT2D eigenvalue weighted by Crippen LogP contribution is -2.57. The predicted molar refractivity (Wildman–Crippen MR) is 99.3 cm³/mol. The number of urea groups is 1. The van der Waals surface area contributed by atoms with E-state index in [9.17, 15) is 9.59 Å². The minimum Gasteiger partial charge on any atom is -0.338 e. The number of amides is 3. The molecule has 0 bridgehead atoms. The Balaban J connectivity index is 1.95. The molecule has 1 aromatic heterocycles. The maximum Gasteiger partial charge on any atom is 0.320 e. The Morgan fingerprint density at radius 3 is 2.65 bits per heavy atom. The van der Waals surface area contributed by atoms with E-state index in [4.69, 9.17) is 0 Å². The van der Waals surface area contributed by atoms with Gasteiger partial charge >= 0.3 is 6.03 Å². The van der Waals surface area contributed by atoms with Gasteiger partial charge in [0.15, 0.2) is 6.29 Å². The third kappa shape index (κ3) is 3.70. The van der Waals surface area contributed by atoms with Crippen molar-refractivity contribution in [3.8, 4) is 11.3 Å². The summed E-state index contributed by atoms with van der Waals surface area (Å²) in [5, 5.41) is 16.3. The molecule has 1 fully saturated rings. The Morgan fingerprint density at radius 1 is 1.27 bits per heavy atom. The fourth-order valence-electron chi connectivity index (χ4n) is 2.82. The monoisotopic (exact) mass is 356 g/mol. The van der Waals surface area contributed by atoms with Gasteiger partial charge in [-0.05, 0) is 13.8 Å². The maximum atomic E-state index is 12.2. The summed E-state index contributed by atoms with van der Waals surface area (Å²) in [5.74, 6) is 0.298. The summed E-state index contributed by atoms with van der Waals surface area (Å²) < 4.78 is 1.60. The SMILES string of the molecule is CCNC(=O)Nc1cc(-c2ccccc2)nn1C1NC(=O)C(C)C(C)N1. The van der Waals surface area contributed by atoms with Crippen LogP contribution >= 0.6 is 0 Å². The average Bonchev–Trinajstić information content (AvgIpc) is 3.04. The van der Waals surface area contributed by atoms with E-state index in [2.05, 4.69) is 26.4 Å². The summed E-state index contributed by atoms with van der Waals surface area (Å²) >= 11 is 0. The van der Waals surface area contributed by atoms with Gasteiger partial charge in [0.05, 0.1) is 11.6 Å². The smallest absolute Gasteiger partial charge is 0.320 e. The van der Waals surface area contributed by atoms with E-state index in [-0.39, 0.29) is 23.9 Å². The molecule has 4 N–H and O–H groups in total. The Labute approximate surface area is 152 Å². The molecule has 8 nitrogen and oxygen atoms in total. The van der Waals surface area contributed by atoms with Crippen LogP contribution in [0.5, 0.6) is 0 Å². The summed E-state index contributed by atoms with van der Waals surface area (Å²) in [7, 11) is 0. The van der Waals surface area contributed by atoms with Crippen LogP contribution in [0.1, 0.15) is 27.1 Å². The van der Waals surface area contributed by atoms with Crippen LogP contribution in [0, 0.1) is 5.92 Å². The van der Waals surface area contributed by atoms with Crippen LogP contribution in [0.3, 0.4) is 0 Å². The van der Waals surface area contributed by atoms with Crippen LogP contribution in [0.25, 0.3) is 11.3 Å². The number of aromatic nitrogens is 2. The van der Waals surface area contributed by atoms with Gasteiger partial charge in [-0.3, -0.25) is 15.4 Å². The molecule has 0 spiro atoms. The van der Waals surface area contributed by atoms with Crippen molar-refractivity contribution in [3.05, 3.63) is 36.4 Å². The number of rotatable bonds is 4. The molecule has 1 aromatic carbocycles. The summed E-state index contributed by atoms with van der Waals surface area (Å²) in [6.07, 6.45) is -0.539. The first-order valence-corrected chi connectivity index (χ1v) is 8.76. The molecule has 1 aliphatic rings. The first kappa shape index (κ1) is 17.9. The molecule has 3 rings (SSSR count). The van der Waals surface area contributed by atoms with Crippen LogP contribution in [0.2, 0.25) is 0 Å². The summed E-state index contributed by atoms with van der Waals surface area (Å²) in [6.45, 7) is 6.18.